The van der Waals surface area contributed by atoms with E-state index in [4.69, 9.17) is 0 Å². The maximum Gasteiger partial charge on any atom is 0.171 e. The molecule has 0 saturated heterocycles. The smallest absolute Gasteiger partial charge is 0.171 e. The van der Waals surface area contributed by atoms with Crippen molar-refractivity contribution in [1.29, 1.82) is 0 Å². The predicted molar refractivity (Wildman–Crippen MR) is 127 cm³/mol. The molecule has 1 aliphatic rings. The third-order valence-electron chi connectivity index (χ3n) is 5.25. The van der Waals surface area contributed by atoms with Gasteiger partial charge in [0.05, 0.1) is 0 Å². The first-order valence-corrected chi connectivity index (χ1v) is 12.7. The molecule has 4 rings (SSSR count). The summed E-state index contributed by atoms with van der Waals surface area (Å²) in [5.41, 5.74) is 1.25. The zero-order chi connectivity index (χ0) is 19.9. The molecule has 0 spiro atoms. The summed E-state index contributed by atoms with van der Waals surface area (Å²) in [6.07, 6.45) is 6.73. The van der Waals surface area contributed by atoms with Crippen LogP contribution in [-0.4, -0.2) is 0 Å². The first kappa shape index (κ1) is 20.0. The third-order valence-corrected chi connectivity index (χ3v) is 9.47. The van der Waals surface area contributed by atoms with E-state index in [0.29, 0.717) is 0 Å². The van der Waals surface area contributed by atoms with Crippen LogP contribution in [0.15, 0.2) is 118 Å². The summed E-state index contributed by atoms with van der Waals surface area (Å²) in [6, 6.07) is 30.3. The van der Waals surface area contributed by atoms with Crippen molar-refractivity contribution in [3.63, 3.8) is 0 Å². The van der Waals surface area contributed by atoms with Gasteiger partial charge in [-0.25, -0.2) is 0 Å². The van der Waals surface area contributed by atoms with Gasteiger partial charge in [0.25, 0.3) is 0 Å². The lowest BCUT2D eigenvalue weighted by molar-refractivity contribution is 0.590. The van der Waals surface area contributed by atoms with Gasteiger partial charge in [-0.2, -0.15) is 0 Å². The quantitative estimate of drug-likeness (QED) is 0.314. The van der Waals surface area contributed by atoms with Gasteiger partial charge in [-0.15, -0.1) is 0 Å². The molecule has 0 atom stereocenters. The van der Waals surface area contributed by atoms with E-state index < -0.39 is 7.14 Å². The van der Waals surface area contributed by atoms with Crippen LogP contribution >= 0.6 is 18.9 Å². The molecule has 29 heavy (non-hydrogen) atoms. The minimum absolute atomic E-state index is 0.901. The molecule has 0 aromatic heterocycles. The van der Waals surface area contributed by atoms with Gasteiger partial charge in [0, 0.05) is 20.8 Å². The fraction of sp³-hybridized carbons (Fsp3) is 0.154. The first-order chi connectivity index (χ1) is 14.3. The lowest BCUT2D eigenvalue weighted by atomic mass is 10.00. The molecular weight excluding hydrogens is 391 g/mol. The topological polar surface area (TPSA) is 17.1 Å². The number of benzene rings is 3. The number of rotatable bonds is 6. The van der Waals surface area contributed by atoms with Gasteiger partial charge in [-0.3, -0.25) is 0 Å². The van der Waals surface area contributed by atoms with Gasteiger partial charge in [0.15, 0.2) is 7.14 Å². The van der Waals surface area contributed by atoms with Crippen LogP contribution in [0.5, 0.6) is 0 Å². The van der Waals surface area contributed by atoms with E-state index in [-0.39, 0.29) is 0 Å². The van der Waals surface area contributed by atoms with E-state index in [9.17, 15) is 4.57 Å². The molecule has 1 aliphatic carbocycles. The second-order valence-corrected chi connectivity index (χ2v) is 10.9. The van der Waals surface area contributed by atoms with Crippen LogP contribution in [0.25, 0.3) is 0 Å². The van der Waals surface area contributed by atoms with Crippen LogP contribution in [-0.2, 0) is 4.57 Å². The molecular formula is C26H25OPS. The van der Waals surface area contributed by atoms with Gasteiger partial charge < -0.3 is 4.57 Å². The van der Waals surface area contributed by atoms with E-state index in [1.807, 2.05) is 78.9 Å². The molecule has 0 fully saturated rings. The van der Waals surface area contributed by atoms with Crippen LogP contribution in [0.3, 0.4) is 0 Å². The molecule has 3 heteroatoms. The Bertz CT molecular complexity index is 996. The van der Waals surface area contributed by atoms with Crippen LogP contribution in [0.2, 0.25) is 0 Å². The Kier molecular flexibility index (Phi) is 6.54. The Morgan fingerprint density at radius 2 is 1.31 bits per heavy atom. The average molecular weight is 417 g/mol. The van der Waals surface area contributed by atoms with Crippen molar-refractivity contribution in [2.45, 2.75) is 30.6 Å². The number of allylic oxidation sites excluding steroid dienone is 3. The van der Waals surface area contributed by atoms with Gasteiger partial charge in [0.2, 0.25) is 0 Å². The fourth-order valence-electron chi connectivity index (χ4n) is 3.75. The Labute approximate surface area is 177 Å². The molecule has 146 valence electrons. The van der Waals surface area contributed by atoms with E-state index in [1.54, 1.807) is 11.8 Å². The Hall–Kier alpha value is -2.28. The highest BCUT2D eigenvalue weighted by atomic mass is 32.2. The molecule has 0 saturated carbocycles. The predicted octanol–water partition coefficient (Wildman–Crippen LogP) is 7.13. The van der Waals surface area contributed by atoms with Crippen molar-refractivity contribution in [3.8, 4) is 0 Å². The van der Waals surface area contributed by atoms with Crippen LogP contribution in [0.4, 0.5) is 0 Å². The van der Waals surface area contributed by atoms with Crippen molar-refractivity contribution in [3.05, 3.63) is 113 Å². The molecule has 3 aromatic carbocycles. The fourth-order valence-corrected chi connectivity index (χ4v) is 7.86. The second kappa shape index (κ2) is 9.48. The van der Waals surface area contributed by atoms with E-state index in [2.05, 4.69) is 23.6 Å². The van der Waals surface area contributed by atoms with Crippen LogP contribution in [0.1, 0.15) is 25.7 Å². The minimum atomic E-state index is -2.97. The van der Waals surface area contributed by atoms with Crippen LogP contribution < -0.4 is 10.6 Å². The Morgan fingerprint density at radius 3 is 1.83 bits per heavy atom. The Balaban J connectivity index is 1.89. The summed E-state index contributed by atoms with van der Waals surface area (Å²) < 4.78 is 14.9. The van der Waals surface area contributed by atoms with E-state index >= 15 is 0 Å². The summed E-state index contributed by atoms with van der Waals surface area (Å²) in [5, 5.41) is 4.94. The minimum Gasteiger partial charge on any atom is -0.309 e. The largest absolute Gasteiger partial charge is 0.309 e. The number of hydrogen-bond acceptors (Lipinski definition) is 2. The molecule has 0 bridgehead atoms. The summed E-state index contributed by atoms with van der Waals surface area (Å²) in [7, 11) is -2.97. The van der Waals surface area contributed by atoms with Crippen molar-refractivity contribution in [2.75, 3.05) is 0 Å². The third kappa shape index (κ3) is 4.50. The zero-order valence-corrected chi connectivity index (χ0v) is 18.1. The van der Waals surface area contributed by atoms with Gasteiger partial charge >= 0.3 is 0 Å². The maximum atomic E-state index is 14.9. The van der Waals surface area contributed by atoms with Gasteiger partial charge in [-0.05, 0) is 48.8 Å². The molecule has 1 nitrogen and oxygen atoms in total. The van der Waals surface area contributed by atoms with Gasteiger partial charge in [-0.1, -0.05) is 96.7 Å². The van der Waals surface area contributed by atoms with Crippen molar-refractivity contribution in [1.82, 2.24) is 0 Å². The van der Waals surface area contributed by atoms with Crippen molar-refractivity contribution < 1.29 is 4.57 Å². The summed E-state index contributed by atoms with van der Waals surface area (Å²) >= 11 is 1.66. The normalized spacial score (nSPS) is 15.0. The monoisotopic (exact) mass is 416 g/mol. The maximum absolute atomic E-state index is 14.9. The average Bonchev–Trinajstić information content (AvgIpc) is 2.81. The molecule has 0 unspecified atom stereocenters. The van der Waals surface area contributed by atoms with Crippen LogP contribution in [0, 0.1) is 0 Å². The molecule has 3 aromatic rings. The first-order valence-electron chi connectivity index (χ1n) is 10.1. The standard InChI is InChI=1S/C26H25OPS/c27-28(23-15-7-2-8-16-23,24-17-9-3-10-18-24)26(22-13-5-1-6-14-22)21-29-25-19-11-4-12-20-25/h2-4,7-13,15-21H,1,5-6,14H2/b26-21+. The Morgan fingerprint density at radius 1 is 0.759 bits per heavy atom. The number of hydrogen-bond donors (Lipinski definition) is 0. The summed E-state index contributed by atoms with van der Waals surface area (Å²) in [4.78, 5) is 1.16. The SMILES string of the molecule is O=P(/C(=C/Sc1ccccc1)C1=CCCCC1)(c1ccccc1)c1ccccc1. The summed E-state index contributed by atoms with van der Waals surface area (Å²) in [5.74, 6) is 0. The van der Waals surface area contributed by atoms with Crippen molar-refractivity contribution in [2.24, 2.45) is 0 Å². The van der Waals surface area contributed by atoms with E-state index in [0.717, 1.165) is 40.1 Å². The summed E-state index contributed by atoms with van der Waals surface area (Å²) in [6.45, 7) is 0. The molecule has 0 aliphatic heterocycles. The lowest BCUT2D eigenvalue weighted by Crippen LogP contribution is -2.18. The molecule has 0 radical (unpaired) electrons. The van der Waals surface area contributed by atoms with Crippen molar-refractivity contribution >= 4 is 29.5 Å². The highest BCUT2D eigenvalue weighted by molar-refractivity contribution is 8.02. The van der Waals surface area contributed by atoms with E-state index in [1.165, 1.54) is 12.0 Å². The zero-order valence-electron chi connectivity index (χ0n) is 16.4. The van der Waals surface area contributed by atoms with Gasteiger partial charge in [0.1, 0.15) is 0 Å². The second-order valence-electron chi connectivity index (χ2n) is 7.19. The highest BCUT2D eigenvalue weighted by Gasteiger charge is 2.34. The lowest BCUT2D eigenvalue weighted by Gasteiger charge is -2.26. The highest BCUT2D eigenvalue weighted by Crippen LogP contribution is 2.57. The molecule has 0 N–H and O–H groups in total. The number of thioether (sulfide) groups is 1. The molecule has 0 heterocycles. The molecule has 0 amide bonds.